The quantitative estimate of drug-likeness (QED) is 0.622. The SMILES string of the molecule is O=C(CCCc1ccccc1)Cc1csc2ccccc12. The Morgan fingerprint density at radius 1 is 0.952 bits per heavy atom. The van der Waals surface area contributed by atoms with E-state index < -0.39 is 0 Å². The van der Waals surface area contributed by atoms with Crippen LogP contribution in [0.4, 0.5) is 0 Å². The van der Waals surface area contributed by atoms with Crippen molar-refractivity contribution in [3.8, 4) is 0 Å². The summed E-state index contributed by atoms with van der Waals surface area (Å²) in [5.74, 6) is 0.342. The van der Waals surface area contributed by atoms with Crippen molar-refractivity contribution >= 4 is 27.2 Å². The number of rotatable bonds is 6. The molecule has 1 nitrogen and oxygen atoms in total. The Hall–Kier alpha value is -1.93. The molecular formula is C19H18OS. The molecule has 21 heavy (non-hydrogen) atoms. The zero-order valence-corrected chi connectivity index (χ0v) is 12.7. The van der Waals surface area contributed by atoms with Crippen LogP contribution in [-0.2, 0) is 17.6 Å². The van der Waals surface area contributed by atoms with Gasteiger partial charge in [0.1, 0.15) is 5.78 Å². The van der Waals surface area contributed by atoms with Crippen LogP contribution in [0.5, 0.6) is 0 Å². The van der Waals surface area contributed by atoms with Crippen LogP contribution in [0.1, 0.15) is 24.0 Å². The third-order valence-corrected chi connectivity index (χ3v) is 4.72. The van der Waals surface area contributed by atoms with Crippen LogP contribution in [-0.4, -0.2) is 5.78 Å². The maximum Gasteiger partial charge on any atom is 0.137 e. The molecule has 0 bridgehead atoms. The van der Waals surface area contributed by atoms with Gasteiger partial charge in [-0.3, -0.25) is 4.79 Å². The molecule has 0 radical (unpaired) electrons. The number of carbonyl (C=O) groups excluding carboxylic acids is 1. The monoisotopic (exact) mass is 294 g/mol. The normalized spacial score (nSPS) is 10.9. The van der Waals surface area contributed by atoms with Crippen molar-refractivity contribution in [2.75, 3.05) is 0 Å². The van der Waals surface area contributed by atoms with E-state index in [-0.39, 0.29) is 0 Å². The fourth-order valence-electron chi connectivity index (χ4n) is 2.60. The number of hydrogen-bond acceptors (Lipinski definition) is 2. The van der Waals surface area contributed by atoms with E-state index in [4.69, 9.17) is 0 Å². The number of aryl methyl sites for hydroxylation is 1. The first-order valence-electron chi connectivity index (χ1n) is 7.33. The third-order valence-electron chi connectivity index (χ3n) is 3.71. The largest absolute Gasteiger partial charge is 0.299 e. The smallest absolute Gasteiger partial charge is 0.137 e. The molecule has 1 heterocycles. The molecule has 1 aromatic heterocycles. The summed E-state index contributed by atoms with van der Waals surface area (Å²) in [7, 11) is 0. The Morgan fingerprint density at radius 3 is 2.57 bits per heavy atom. The van der Waals surface area contributed by atoms with Gasteiger partial charge in [-0.1, -0.05) is 48.5 Å². The molecule has 106 valence electrons. The summed E-state index contributed by atoms with van der Waals surface area (Å²) >= 11 is 1.72. The maximum absolute atomic E-state index is 12.1. The van der Waals surface area contributed by atoms with E-state index in [0.29, 0.717) is 18.6 Å². The third kappa shape index (κ3) is 3.59. The summed E-state index contributed by atoms with van der Waals surface area (Å²) in [5, 5.41) is 3.36. The molecule has 3 rings (SSSR count). The first kappa shape index (κ1) is 14.0. The lowest BCUT2D eigenvalue weighted by atomic mass is 10.0. The Kier molecular flexibility index (Phi) is 4.46. The average molecular weight is 294 g/mol. The van der Waals surface area contributed by atoms with E-state index in [1.165, 1.54) is 21.2 Å². The molecule has 0 aliphatic carbocycles. The van der Waals surface area contributed by atoms with E-state index in [9.17, 15) is 4.79 Å². The highest BCUT2D eigenvalue weighted by Gasteiger charge is 2.08. The van der Waals surface area contributed by atoms with Crippen LogP contribution in [0.15, 0.2) is 60.0 Å². The average Bonchev–Trinajstić information content (AvgIpc) is 2.92. The minimum atomic E-state index is 0.342. The fourth-order valence-corrected chi connectivity index (χ4v) is 3.57. The molecule has 0 unspecified atom stereocenters. The molecule has 2 heteroatoms. The summed E-state index contributed by atoms with van der Waals surface area (Å²) in [5.41, 5.74) is 2.49. The van der Waals surface area contributed by atoms with Gasteiger partial charge in [0.05, 0.1) is 0 Å². The predicted molar refractivity (Wildman–Crippen MR) is 89.9 cm³/mol. The van der Waals surface area contributed by atoms with Gasteiger partial charge in [-0.05, 0) is 40.8 Å². The number of thiophene rings is 1. The second kappa shape index (κ2) is 6.68. The number of carbonyl (C=O) groups is 1. The van der Waals surface area contributed by atoms with Crippen molar-refractivity contribution < 1.29 is 4.79 Å². The highest BCUT2D eigenvalue weighted by molar-refractivity contribution is 7.17. The molecule has 0 N–H and O–H groups in total. The molecule has 0 fully saturated rings. The Balaban J connectivity index is 1.55. The van der Waals surface area contributed by atoms with Crippen molar-refractivity contribution in [3.05, 3.63) is 71.1 Å². The van der Waals surface area contributed by atoms with Crippen LogP contribution < -0.4 is 0 Å². The van der Waals surface area contributed by atoms with E-state index in [1.807, 2.05) is 18.2 Å². The first-order valence-corrected chi connectivity index (χ1v) is 8.21. The van der Waals surface area contributed by atoms with Crippen molar-refractivity contribution in [1.29, 1.82) is 0 Å². The highest BCUT2D eigenvalue weighted by atomic mass is 32.1. The first-order chi connectivity index (χ1) is 10.3. The molecule has 0 saturated heterocycles. The molecule has 2 aromatic carbocycles. The summed E-state index contributed by atoms with van der Waals surface area (Å²) in [6, 6.07) is 18.7. The summed E-state index contributed by atoms with van der Waals surface area (Å²) < 4.78 is 1.27. The van der Waals surface area contributed by atoms with Gasteiger partial charge >= 0.3 is 0 Å². The number of ketones is 1. The fraction of sp³-hybridized carbons (Fsp3) is 0.211. The van der Waals surface area contributed by atoms with Crippen molar-refractivity contribution in [2.45, 2.75) is 25.7 Å². The number of benzene rings is 2. The molecule has 3 aromatic rings. The van der Waals surface area contributed by atoms with Gasteiger partial charge in [0.2, 0.25) is 0 Å². The molecule has 0 aliphatic heterocycles. The Morgan fingerprint density at radius 2 is 1.71 bits per heavy atom. The van der Waals surface area contributed by atoms with E-state index in [1.54, 1.807) is 11.3 Å². The van der Waals surface area contributed by atoms with E-state index in [2.05, 4.69) is 41.8 Å². The zero-order chi connectivity index (χ0) is 14.5. The summed E-state index contributed by atoms with van der Waals surface area (Å²) in [6.45, 7) is 0. The number of Topliss-reactive ketones (excluding diaryl/α,β-unsaturated/α-hetero) is 1. The van der Waals surface area contributed by atoms with Gasteiger partial charge in [-0.25, -0.2) is 0 Å². The lowest BCUT2D eigenvalue weighted by molar-refractivity contribution is -0.118. The van der Waals surface area contributed by atoms with Crippen molar-refractivity contribution in [2.24, 2.45) is 0 Å². The topological polar surface area (TPSA) is 17.1 Å². The van der Waals surface area contributed by atoms with Gasteiger partial charge < -0.3 is 0 Å². The van der Waals surface area contributed by atoms with Crippen LogP contribution in [0.2, 0.25) is 0 Å². The minimum Gasteiger partial charge on any atom is -0.299 e. The van der Waals surface area contributed by atoms with Crippen LogP contribution >= 0.6 is 11.3 Å². The predicted octanol–water partition coefficient (Wildman–Crippen LogP) is 5.04. The van der Waals surface area contributed by atoms with Gasteiger partial charge in [-0.15, -0.1) is 11.3 Å². The lowest BCUT2D eigenvalue weighted by Gasteiger charge is -2.02. The summed E-state index contributed by atoms with van der Waals surface area (Å²) in [4.78, 5) is 12.1. The molecular weight excluding hydrogens is 276 g/mol. The zero-order valence-electron chi connectivity index (χ0n) is 11.9. The maximum atomic E-state index is 12.1. The molecule has 0 saturated carbocycles. The minimum absolute atomic E-state index is 0.342. The van der Waals surface area contributed by atoms with Crippen molar-refractivity contribution in [1.82, 2.24) is 0 Å². The van der Waals surface area contributed by atoms with Gasteiger partial charge in [0.15, 0.2) is 0 Å². The molecule has 0 amide bonds. The Labute approximate surface area is 129 Å². The van der Waals surface area contributed by atoms with Crippen LogP contribution in [0, 0.1) is 0 Å². The second-order valence-electron chi connectivity index (χ2n) is 5.31. The van der Waals surface area contributed by atoms with E-state index in [0.717, 1.165) is 12.8 Å². The second-order valence-corrected chi connectivity index (χ2v) is 6.22. The van der Waals surface area contributed by atoms with Gasteiger partial charge in [0.25, 0.3) is 0 Å². The van der Waals surface area contributed by atoms with Crippen molar-refractivity contribution in [3.63, 3.8) is 0 Å². The Bertz CT molecular complexity index is 727. The standard InChI is InChI=1S/C19H18OS/c20-17(10-6-9-15-7-2-1-3-8-15)13-16-14-21-19-12-5-4-11-18(16)19/h1-5,7-8,11-12,14H,6,9-10,13H2. The molecule has 0 aliphatic rings. The van der Waals surface area contributed by atoms with Crippen LogP contribution in [0.25, 0.3) is 10.1 Å². The van der Waals surface area contributed by atoms with Gasteiger partial charge in [-0.2, -0.15) is 0 Å². The van der Waals surface area contributed by atoms with E-state index >= 15 is 0 Å². The molecule has 0 spiro atoms. The van der Waals surface area contributed by atoms with Gasteiger partial charge in [0, 0.05) is 17.5 Å². The molecule has 0 atom stereocenters. The summed E-state index contributed by atoms with van der Waals surface area (Å²) in [6.07, 6.45) is 3.15. The number of fused-ring (bicyclic) bond motifs is 1. The highest BCUT2D eigenvalue weighted by Crippen LogP contribution is 2.26. The van der Waals surface area contributed by atoms with Crippen LogP contribution in [0.3, 0.4) is 0 Å². The lowest BCUT2D eigenvalue weighted by Crippen LogP contribution is -2.02. The number of hydrogen-bond donors (Lipinski definition) is 0.